The first kappa shape index (κ1) is 12.8. The number of hydrogen-bond donors (Lipinski definition) is 2. The molecule has 1 aromatic rings. The summed E-state index contributed by atoms with van der Waals surface area (Å²) >= 11 is 0. The van der Waals surface area contributed by atoms with E-state index in [1.54, 1.807) is 0 Å². The summed E-state index contributed by atoms with van der Waals surface area (Å²) in [5, 5.41) is 2.81. The smallest absolute Gasteiger partial charge is 0.416 e. The molecule has 5 heteroatoms. The maximum absolute atomic E-state index is 5.61. The Morgan fingerprint density at radius 2 is 2.08 bits per heavy atom. The minimum Gasteiger partial charge on any atom is -0.416 e. The molecule has 3 N–H and O–H groups in total. The molecule has 0 saturated carbocycles. The Balaban J connectivity index is 0.00000121. The van der Waals surface area contributed by atoms with Crippen LogP contribution in [0, 0.1) is 19.9 Å². The Morgan fingerprint density at radius 1 is 1.50 bits per heavy atom. The summed E-state index contributed by atoms with van der Waals surface area (Å²) in [4.78, 5) is 4.20. The van der Waals surface area contributed by atoms with Gasteiger partial charge in [0.25, 0.3) is 0 Å². The molecule has 1 heterocycles. The molecule has 0 aliphatic rings. The van der Waals surface area contributed by atoms with Gasteiger partial charge in [-0.05, 0) is 5.69 Å². The first-order valence-corrected chi connectivity index (χ1v) is 3.85. The average molecular weight is 207 g/mol. The van der Waals surface area contributed by atoms with Gasteiger partial charge in [0.05, 0.1) is 0 Å². The fourth-order valence-corrected chi connectivity index (χ4v) is 0.994. The number of nitrogens with two attached hydrogens (primary N) is 1. The Bertz CT molecular complexity index is 278. The average Bonchev–Trinajstić information content (AvgIpc) is 1.97. The van der Waals surface area contributed by atoms with Crippen LogP contribution in [0.3, 0.4) is 0 Å². The summed E-state index contributed by atoms with van der Waals surface area (Å²) in [5.41, 5.74) is 8.11. The van der Waals surface area contributed by atoms with Crippen LogP contribution in [-0.4, -0.2) is 4.98 Å². The molecule has 1 aromatic heterocycles. The van der Waals surface area contributed by atoms with Gasteiger partial charge >= 0.3 is 51.4 Å². The second kappa shape index (κ2) is 5.53. The predicted octanol–water partition coefficient (Wildman–Crippen LogP) is -1.71. The number of aromatic nitrogens is 1. The van der Waals surface area contributed by atoms with E-state index in [4.69, 9.17) is 5.73 Å². The van der Waals surface area contributed by atoms with Crippen LogP contribution in [0.25, 0.3) is 0 Å². The minimum absolute atomic E-state index is 0. The van der Waals surface area contributed by atoms with Crippen molar-refractivity contribution in [3.63, 3.8) is 0 Å². The van der Waals surface area contributed by atoms with Gasteiger partial charge in [0, 0.05) is 5.82 Å². The van der Waals surface area contributed by atoms with Crippen LogP contribution in [0.1, 0.15) is 11.3 Å². The number of nitrogen functional groups attached to an aromatic ring is 1. The van der Waals surface area contributed by atoms with E-state index >= 15 is 0 Å². The van der Waals surface area contributed by atoms with Crippen LogP contribution < -0.4 is 62.2 Å². The number of hydrogen-bond acceptors (Lipinski definition) is 3. The van der Waals surface area contributed by atoms with Gasteiger partial charge in [-0.3, -0.25) is 0 Å². The number of pyridine rings is 1. The Hall–Kier alpha value is 0.816. The molecule has 12 heavy (non-hydrogen) atoms. The fourth-order valence-electron chi connectivity index (χ4n) is 0.773. The van der Waals surface area contributed by atoms with Gasteiger partial charge in [-0.2, -0.15) is 6.07 Å². The van der Waals surface area contributed by atoms with Crippen LogP contribution >= 0.6 is 9.39 Å². The third-order valence-corrected chi connectivity index (χ3v) is 1.81. The molecule has 0 aromatic carbocycles. The monoisotopic (exact) mass is 207 g/mol. The number of aryl methyl sites for hydroxylation is 2. The summed E-state index contributed by atoms with van der Waals surface area (Å²) in [6.07, 6.45) is 0. The molecule has 0 amide bonds. The first-order chi connectivity index (χ1) is 5.15. The van der Waals surface area contributed by atoms with Crippen molar-refractivity contribution in [2.45, 2.75) is 13.8 Å². The van der Waals surface area contributed by atoms with Crippen LogP contribution in [0.4, 0.5) is 11.5 Å². The Morgan fingerprint density at radius 3 is 2.58 bits per heavy atom. The molecule has 0 aliphatic carbocycles. The molecular weight excluding hydrogens is 196 g/mol. The van der Waals surface area contributed by atoms with Crippen molar-refractivity contribution in [1.29, 1.82) is 0 Å². The summed E-state index contributed by atoms with van der Waals surface area (Å²) in [6.45, 7) is 3.86. The normalized spacial score (nSPS) is 8.92. The molecular formula is C7H11KN3P. The molecule has 0 radical (unpaired) electrons. The van der Waals surface area contributed by atoms with E-state index in [0.717, 1.165) is 11.3 Å². The topological polar surface area (TPSA) is 50.9 Å². The maximum atomic E-state index is 5.61. The van der Waals surface area contributed by atoms with Gasteiger partial charge in [-0.1, -0.05) is 28.9 Å². The third kappa shape index (κ3) is 2.94. The molecule has 0 fully saturated rings. The van der Waals surface area contributed by atoms with Crippen molar-refractivity contribution >= 4 is 20.9 Å². The van der Waals surface area contributed by atoms with Gasteiger partial charge in [0.2, 0.25) is 0 Å². The number of anilines is 2. The zero-order valence-electron chi connectivity index (χ0n) is 7.60. The van der Waals surface area contributed by atoms with Gasteiger partial charge in [0.1, 0.15) is 0 Å². The number of nitrogens with zero attached hydrogens (tertiary/aromatic N) is 1. The minimum atomic E-state index is 0. The summed E-state index contributed by atoms with van der Waals surface area (Å²) in [7, 11) is 2.35. The Kier molecular flexibility index (Phi) is 5.90. The summed E-state index contributed by atoms with van der Waals surface area (Å²) in [6, 6.07) is 3.00. The molecule has 0 saturated heterocycles. The number of nitrogens with one attached hydrogen (secondary N) is 1. The zero-order valence-corrected chi connectivity index (χ0v) is 11.9. The van der Waals surface area contributed by atoms with Crippen LogP contribution in [-0.2, 0) is 0 Å². The second-order valence-electron chi connectivity index (χ2n) is 2.35. The van der Waals surface area contributed by atoms with E-state index in [9.17, 15) is 0 Å². The van der Waals surface area contributed by atoms with E-state index in [1.165, 1.54) is 0 Å². The van der Waals surface area contributed by atoms with Gasteiger partial charge in [-0.25, -0.2) is 0 Å². The fraction of sp³-hybridized carbons (Fsp3) is 0.286. The Labute approximate surface area is 118 Å². The van der Waals surface area contributed by atoms with Crippen molar-refractivity contribution in [2.75, 3.05) is 10.8 Å². The molecule has 3 nitrogen and oxygen atoms in total. The summed E-state index contributed by atoms with van der Waals surface area (Å²) < 4.78 is 0. The maximum Gasteiger partial charge on any atom is 1.00 e. The van der Waals surface area contributed by atoms with E-state index in [1.807, 2.05) is 13.8 Å². The van der Waals surface area contributed by atoms with Gasteiger partial charge in [-0.15, -0.1) is 5.56 Å². The summed E-state index contributed by atoms with van der Waals surface area (Å²) in [5.74, 6) is 0.665. The van der Waals surface area contributed by atoms with Crippen LogP contribution in [0.2, 0.25) is 0 Å². The molecule has 1 rings (SSSR count). The SMILES string of the molecule is Cc1[c-]c(N)c(NP)nc1C.[K+]. The van der Waals surface area contributed by atoms with Gasteiger partial charge < -0.3 is 15.8 Å². The molecule has 60 valence electrons. The number of rotatable bonds is 1. The van der Waals surface area contributed by atoms with E-state index in [2.05, 4.69) is 25.5 Å². The second-order valence-corrected chi connectivity index (χ2v) is 2.64. The first-order valence-electron chi connectivity index (χ1n) is 3.27. The van der Waals surface area contributed by atoms with Crippen LogP contribution in [0.15, 0.2) is 0 Å². The van der Waals surface area contributed by atoms with Crippen molar-refractivity contribution in [1.82, 2.24) is 4.98 Å². The van der Waals surface area contributed by atoms with Crippen molar-refractivity contribution < 1.29 is 51.4 Å². The van der Waals surface area contributed by atoms with Gasteiger partial charge in [0.15, 0.2) is 0 Å². The van der Waals surface area contributed by atoms with Crippen molar-refractivity contribution in [3.05, 3.63) is 17.3 Å². The van der Waals surface area contributed by atoms with Crippen molar-refractivity contribution in [3.8, 4) is 0 Å². The largest absolute Gasteiger partial charge is 1.00 e. The molecule has 0 spiro atoms. The standard InChI is InChI=1S/C7H11N3P.K/c1-4-3-6(8)7(10-11)9-5(4)2;/h8,11H2,1-2H3,(H,9,10);/q-1;+1. The molecule has 1 unspecified atom stereocenters. The van der Waals surface area contributed by atoms with Crippen molar-refractivity contribution in [2.24, 2.45) is 0 Å². The zero-order chi connectivity index (χ0) is 8.43. The molecule has 0 aliphatic heterocycles. The quantitative estimate of drug-likeness (QED) is 0.327. The van der Waals surface area contributed by atoms with Crippen LogP contribution in [0.5, 0.6) is 0 Å². The van der Waals surface area contributed by atoms with E-state index < -0.39 is 0 Å². The predicted molar refractivity (Wildman–Crippen MR) is 50.3 cm³/mol. The third-order valence-electron chi connectivity index (χ3n) is 1.54. The van der Waals surface area contributed by atoms with E-state index in [0.29, 0.717) is 11.5 Å². The molecule has 1 atom stereocenters. The molecule has 0 bridgehead atoms. The van der Waals surface area contributed by atoms with E-state index in [-0.39, 0.29) is 51.4 Å².